The van der Waals surface area contributed by atoms with Crippen molar-refractivity contribution in [1.82, 2.24) is 10.1 Å². The van der Waals surface area contributed by atoms with Crippen LogP contribution in [0.5, 0.6) is 0 Å². The van der Waals surface area contributed by atoms with Crippen molar-refractivity contribution in [2.45, 2.75) is 19.5 Å². The molecule has 0 saturated carbocycles. The van der Waals surface area contributed by atoms with Crippen molar-refractivity contribution < 1.29 is 4.52 Å². The minimum atomic E-state index is 0.425. The van der Waals surface area contributed by atoms with Crippen LogP contribution in [0.15, 0.2) is 10.8 Å². The lowest BCUT2D eigenvalue weighted by Gasteiger charge is -2.12. The standard InChI is InChI=1S/C7H10N2O/c1-5-7-6(3-9(5)2)4-10-8-7/h4-5H,3H2,1-2H3/t5-/m0/s1. The Morgan fingerprint density at radius 3 is 3.30 bits per heavy atom. The summed E-state index contributed by atoms with van der Waals surface area (Å²) < 4.78 is 4.83. The minimum Gasteiger partial charge on any atom is -0.364 e. The zero-order chi connectivity index (χ0) is 7.14. The Hall–Kier alpha value is -0.830. The Bertz CT molecular complexity index is 244. The first kappa shape index (κ1) is 5.92. The van der Waals surface area contributed by atoms with Gasteiger partial charge >= 0.3 is 0 Å². The van der Waals surface area contributed by atoms with Crippen LogP contribution < -0.4 is 0 Å². The summed E-state index contributed by atoms with van der Waals surface area (Å²) in [6.07, 6.45) is 1.73. The van der Waals surface area contributed by atoms with Crippen molar-refractivity contribution in [3.05, 3.63) is 17.5 Å². The third-order valence-corrected chi connectivity index (χ3v) is 2.15. The first-order valence-electron chi connectivity index (χ1n) is 3.42. The molecule has 54 valence electrons. The normalized spacial score (nSPS) is 25.2. The van der Waals surface area contributed by atoms with Crippen molar-refractivity contribution in [3.63, 3.8) is 0 Å². The molecule has 3 nitrogen and oxygen atoms in total. The van der Waals surface area contributed by atoms with E-state index in [1.807, 2.05) is 0 Å². The van der Waals surface area contributed by atoms with Crippen LogP contribution in [-0.4, -0.2) is 17.1 Å². The van der Waals surface area contributed by atoms with Crippen LogP contribution in [0.3, 0.4) is 0 Å². The van der Waals surface area contributed by atoms with Gasteiger partial charge in [-0.2, -0.15) is 0 Å². The molecule has 0 radical (unpaired) electrons. The molecule has 0 aliphatic carbocycles. The van der Waals surface area contributed by atoms with Crippen molar-refractivity contribution >= 4 is 0 Å². The van der Waals surface area contributed by atoms with Gasteiger partial charge < -0.3 is 4.52 Å². The average molecular weight is 138 g/mol. The van der Waals surface area contributed by atoms with Crippen LogP contribution in [0, 0.1) is 0 Å². The van der Waals surface area contributed by atoms with E-state index in [9.17, 15) is 0 Å². The lowest BCUT2D eigenvalue weighted by molar-refractivity contribution is 0.264. The number of hydrogen-bond donors (Lipinski definition) is 0. The molecule has 0 spiro atoms. The molecule has 10 heavy (non-hydrogen) atoms. The summed E-state index contributed by atoms with van der Waals surface area (Å²) in [5, 5.41) is 3.91. The topological polar surface area (TPSA) is 29.3 Å². The molecule has 0 amide bonds. The van der Waals surface area contributed by atoms with E-state index < -0.39 is 0 Å². The molecule has 0 saturated heterocycles. The molecule has 1 aliphatic rings. The van der Waals surface area contributed by atoms with E-state index in [-0.39, 0.29) is 0 Å². The first-order chi connectivity index (χ1) is 4.79. The Morgan fingerprint density at radius 1 is 1.80 bits per heavy atom. The Kier molecular flexibility index (Phi) is 1.08. The summed E-state index contributed by atoms with van der Waals surface area (Å²) in [6, 6.07) is 0.425. The molecule has 1 aliphatic heterocycles. The fourth-order valence-electron chi connectivity index (χ4n) is 1.34. The van der Waals surface area contributed by atoms with Gasteiger partial charge in [0.1, 0.15) is 12.0 Å². The highest BCUT2D eigenvalue weighted by Gasteiger charge is 2.26. The van der Waals surface area contributed by atoms with Gasteiger partial charge in [-0.05, 0) is 14.0 Å². The van der Waals surface area contributed by atoms with E-state index in [2.05, 4.69) is 24.0 Å². The summed E-state index contributed by atoms with van der Waals surface area (Å²) in [4.78, 5) is 2.24. The molecular weight excluding hydrogens is 128 g/mol. The number of hydrogen-bond acceptors (Lipinski definition) is 3. The highest BCUT2D eigenvalue weighted by molar-refractivity contribution is 5.22. The van der Waals surface area contributed by atoms with Crippen LogP contribution in [0.2, 0.25) is 0 Å². The van der Waals surface area contributed by atoms with Crippen LogP contribution in [-0.2, 0) is 6.54 Å². The van der Waals surface area contributed by atoms with E-state index >= 15 is 0 Å². The fraction of sp³-hybridized carbons (Fsp3) is 0.571. The average Bonchev–Trinajstić information content (AvgIpc) is 2.41. The number of nitrogens with zero attached hydrogens (tertiary/aromatic N) is 2. The molecule has 1 aromatic rings. The van der Waals surface area contributed by atoms with Crippen LogP contribution in [0.25, 0.3) is 0 Å². The summed E-state index contributed by atoms with van der Waals surface area (Å²) in [6.45, 7) is 3.11. The van der Waals surface area contributed by atoms with Gasteiger partial charge in [0.15, 0.2) is 0 Å². The molecule has 0 fully saturated rings. The number of fused-ring (bicyclic) bond motifs is 1. The first-order valence-corrected chi connectivity index (χ1v) is 3.42. The molecule has 0 bridgehead atoms. The Morgan fingerprint density at radius 2 is 2.60 bits per heavy atom. The fourth-order valence-corrected chi connectivity index (χ4v) is 1.34. The van der Waals surface area contributed by atoms with E-state index in [1.165, 1.54) is 5.56 Å². The van der Waals surface area contributed by atoms with Crippen LogP contribution in [0.1, 0.15) is 24.2 Å². The van der Waals surface area contributed by atoms with Gasteiger partial charge in [-0.1, -0.05) is 5.16 Å². The Balaban J connectivity index is 2.43. The highest BCUT2D eigenvalue weighted by atomic mass is 16.5. The van der Waals surface area contributed by atoms with Gasteiger partial charge in [-0.3, -0.25) is 4.90 Å². The summed E-state index contributed by atoms with van der Waals surface area (Å²) >= 11 is 0. The van der Waals surface area contributed by atoms with Crippen molar-refractivity contribution in [2.24, 2.45) is 0 Å². The predicted molar refractivity (Wildman–Crippen MR) is 36.4 cm³/mol. The SMILES string of the molecule is C[C@H]1c2nocc2CN1C. The molecule has 0 N–H and O–H groups in total. The molecule has 0 unspecified atom stereocenters. The van der Waals surface area contributed by atoms with Gasteiger partial charge in [-0.25, -0.2) is 0 Å². The third-order valence-electron chi connectivity index (χ3n) is 2.15. The molecule has 1 aromatic heterocycles. The largest absolute Gasteiger partial charge is 0.364 e. The quantitative estimate of drug-likeness (QED) is 0.539. The van der Waals surface area contributed by atoms with Gasteiger partial charge in [0.2, 0.25) is 0 Å². The van der Waals surface area contributed by atoms with E-state index in [0.717, 1.165) is 12.2 Å². The van der Waals surface area contributed by atoms with Crippen molar-refractivity contribution in [1.29, 1.82) is 0 Å². The third kappa shape index (κ3) is 0.609. The zero-order valence-corrected chi connectivity index (χ0v) is 6.16. The summed E-state index contributed by atoms with van der Waals surface area (Å²) in [5.41, 5.74) is 2.33. The summed E-state index contributed by atoms with van der Waals surface area (Å²) in [7, 11) is 2.09. The van der Waals surface area contributed by atoms with Gasteiger partial charge in [0, 0.05) is 12.1 Å². The van der Waals surface area contributed by atoms with Crippen molar-refractivity contribution in [3.8, 4) is 0 Å². The van der Waals surface area contributed by atoms with Gasteiger partial charge in [-0.15, -0.1) is 0 Å². The number of aromatic nitrogens is 1. The maximum atomic E-state index is 4.83. The van der Waals surface area contributed by atoms with Gasteiger partial charge in [0.25, 0.3) is 0 Å². The summed E-state index contributed by atoms with van der Waals surface area (Å²) in [5.74, 6) is 0. The van der Waals surface area contributed by atoms with E-state index in [0.29, 0.717) is 6.04 Å². The lowest BCUT2D eigenvalue weighted by atomic mass is 10.2. The van der Waals surface area contributed by atoms with E-state index in [4.69, 9.17) is 4.52 Å². The predicted octanol–water partition coefficient (Wildman–Crippen LogP) is 1.18. The smallest absolute Gasteiger partial charge is 0.128 e. The van der Waals surface area contributed by atoms with Crippen LogP contribution >= 0.6 is 0 Å². The van der Waals surface area contributed by atoms with E-state index in [1.54, 1.807) is 6.26 Å². The molecule has 0 aromatic carbocycles. The molecule has 2 rings (SSSR count). The zero-order valence-electron chi connectivity index (χ0n) is 6.16. The second kappa shape index (κ2) is 1.83. The Labute approximate surface area is 59.6 Å². The maximum absolute atomic E-state index is 4.83. The second-order valence-electron chi connectivity index (χ2n) is 2.82. The maximum Gasteiger partial charge on any atom is 0.128 e. The highest BCUT2D eigenvalue weighted by Crippen LogP contribution is 2.29. The molecule has 3 heteroatoms. The monoisotopic (exact) mass is 138 g/mol. The second-order valence-corrected chi connectivity index (χ2v) is 2.82. The molecule has 1 atom stereocenters. The van der Waals surface area contributed by atoms with Crippen molar-refractivity contribution in [2.75, 3.05) is 7.05 Å². The number of rotatable bonds is 0. The molecule has 2 heterocycles. The molecular formula is C7H10N2O. The lowest BCUT2D eigenvalue weighted by Crippen LogP contribution is -2.13. The van der Waals surface area contributed by atoms with Crippen LogP contribution in [0.4, 0.5) is 0 Å². The minimum absolute atomic E-state index is 0.425. The van der Waals surface area contributed by atoms with Gasteiger partial charge in [0.05, 0.1) is 6.04 Å².